The second-order valence-corrected chi connectivity index (χ2v) is 25.0. The molecule has 3 heterocycles. The molecule has 3 rings (SSSR count). The lowest BCUT2D eigenvalue weighted by Gasteiger charge is -2.50. The molecule has 23 heteroatoms. The second-order valence-electron chi connectivity index (χ2n) is 25.0. The van der Waals surface area contributed by atoms with Gasteiger partial charge in [-0.15, -0.1) is 0 Å². The zero-order valence-electron chi connectivity index (χ0n) is 53.6. The number of hydrogen-bond acceptors (Lipinski definition) is 20. The number of carbonyl (C=O) groups excluding carboxylic acids is 2. The third kappa shape index (κ3) is 29.2. The molecule has 0 aromatic carbocycles. The van der Waals surface area contributed by atoms with Crippen LogP contribution < -0.4 is 10.6 Å². The Morgan fingerprint density at radius 1 is 0.591 bits per heavy atom. The Balaban J connectivity index is 1.56. The van der Waals surface area contributed by atoms with Gasteiger partial charge >= 0.3 is 5.97 Å². The van der Waals surface area contributed by atoms with Crippen molar-refractivity contribution in [3.63, 3.8) is 0 Å². The average molecular weight is 1270 g/mol. The molecule has 3 aliphatic heterocycles. The van der Waals surface area contributed by atoms with Crippen molar-refractivity contribution in [2.75, 3.05) is 26.4 Å². The van der Waals surface area contributed by atoms with E-state index in [2.05, 4.69) is 24.5 Å². The molecule has 3 aliphatic rings. The van der Waals surface area contributed by atoms with E-state index in [0.29, 0.717) is 12.8 Å². The molecule has 0 spiro atoms. The number of amides is 2. The van der Waals surface area contributed by atoms with Gasteiger partial charge in [-0.2, -0.15) is 0 Å². The van der Waals surface area contributed by atoms with Crippen LogP contribution >= 0.6 is 0 Å². The summed E-state index contributed by atoms with van der Waals surface area (Å²) in [6.45, 7) is 2.10. The summed E-state index contributed by atoms with van der Waals surface area (Å²) in [5, 5.41) is 136. The molecule has 0 radical (unpaired) electrons. The van der Waals surface area contributed by atoms with Crippen molar-refractivity contribution < 1.29 is 104 Å². The number of aliphatic carboxylic acids is 1. The SMILES string of the molecule is CCCCCCCCCCCCCCCCCCCCCCCCC/C=C/C(O)C(COC1OC(CO)C(OC2OC(CO)C(O)C(OC3(C(=O)O)CC(O)C(NC(C)=O)C(C(O)C(O)CO)O3)C2O)C(O)C1O)NC(=O)CCCCCCCCCCC. The van der Waals surface area contributed by atoms with E-state index in [-0.39, 0.29) is 12.3 Å². The number of hydrogen-bond donors (Lipinski definition) is 14. The van der Waals surface area contributed by atoms with Crippen LogP contribution in [0, 0.1) is 0 Å². The predicted molar refractivity (Wildman–Crippen MR) is 329 cm³/mol. The molecule has 3 saturated heterocycles. The molecule has 3 fully saturated rings. The van der Waals surface area contributed by atoms with Crippen molar-refractivity contribution in [3.05, 3.63) is 12.2 Å². The quantitative estimate of drug-likeness (QED) is 0.0264. The summed E-state index contributed by atoms with van der Waals surface area (Å²) >= 11 is 0. The van der Waals surface area contributed by atoms with Gasteiger partial charge in [0.1, 0.15) is 67.1 Å². The summed E-state index contributed by atoms with van der Waals surface area (Å²) in [7, 11) is 0. The van der Waals surface area contributed by atoms with Gasteiger partial charge in [-0.25, -0.2) is 4.79 Å². The maximum Gasteiger partial charge on any atom is 0.364 e. The molecular formula is C65H120N2O21. The van der Waals surface area contributed by atoms with E-state index in [4.69, 9.17) is 28.4 Å². The first-order valence-electron chi connectivity index (χ1n) is 34.1. The number of unbranched alkanes of at least 4 members (excludes halogenated alkanes) is 31. The first kappa shape index (κ1) is 79.7. The van der Waals surface area contributed by atoms with Gasteiger partial charge in [-0.05, 0) is 19.3 Å². The van der Waals surface area contributed by atoms with Crippen molar-refractivity contribution in [3.8, 4) is 0 Å². The van der Waals surface area contributed by atoms with Crippen LogP contribution in [0.25, 0.3) is 0 Å². The lowest BCUT2D eigenvalue weighted by Crippen LogP contribution is -2.70. The third-order valence-electron chi connectivity index (χ3n) is 17.5. The number of aliphatic hydroxyl groups excluding tert-OH is 11. The van der Waals surface area contributed by atoms with Gasteiger partial charge in [0.25, 0.3) is 5.79 Å². The predicted octanol–water partition coefficient (Wildman–Crippen LogP) is 5.51. The van der Waals surface area contributed by atoms with Crippen LogP contribution in [-0.2, 0) is 42.8 Å². The molecule has 0 aromatic rings. The molecule has 2 amide bonds. The molecule has 23 nitrogen and oxygen atoms in total. The maximum atomic E-state index is 13.3. The number of carboxylic acid groups (broad SMARTS) is 1. The fourth-order valence-electron chi connectivity index (χ4n) is 12.0. The van der Waals surface area contributed by atoms with Gasteiger partial charge in [-0.3, -0.25) is 9.59 Å². The number of carboxylic acids is 1. The Morgan fingerprint density at radius 2 is 1.06 bits per heavy atom. The molecule has 0 saturated carbocycles. The van der Waals surface area contributed by atoms with Crippen LogP contribution in [0.4, 0.5) is 0 Å². The van der Waals surface area contributed by atoms with Gasteiger partial charge < -0.3 is 100 Å². The smallest absolute Gasteiger partial charge is 0.364 e. The van der Waals surface area contributed by atoms with E-state index in [1.807, 2.05) is 6.08 Å². The number of aliphatic hydroxyl groups is 11. The molecule has 516 valence electrons. The van der Waals surface area contributed by atoms with Gasteiger partial charge in [0, 0.05) is 19.8 Å². The fraction of sp³-hybridized carbons (Fsp3) is 0.923. The topological polar surface area (TPSA) is 373 Å². The van der Waals surface area contributed by atoms with Crippen LogP contribution in [0.15, 0.2) is 12.2 Å². The highest BCUT2D eigenvalue weighted by molar-refractivity contribution is 5.77. The monoisotopic (exact) mass is 1260 g/mol. The minimum Gasteiger partial charge on any atom is -0.477 e. The van der Waals surface area contributed by atoms with E-state index >= 15 is 0 Å². The van der Waals surface area contributed by atoms with Crippen molar-refractivity contribution in [1.82, 2.24) is 10.6 Å². The number of carbonyl (C=O) groups is 3. The van der Waals surface area contributed by atoms with Crippen LogP contribution in [0.2, 0.25) is 0 Å². The van der Waals surface area contributed by atoms with E-state index in [0.717, 1.165) is 51.9 Å². The van der Waals surface area contributed by atoms with E-state index < -0.39 is 155 Å². The summed E-state index contributed by atoms with van der Waals surface area (Å²) < 4.78 is 34.7. The number of allylic oxidation sites excluding steroid dienone is 1. The Hall–Kier alpha value is -2.53. The zero-order chi connectivity index (χ0) is 64.7. The van der Waals surface area contributed by atoms with Gasteiger partial charge in [-0.1, -0.05) is 219 Å². The summed E-state index contributed by atoms with van der Waals surface area (Å²) in [6, 6.07) is -2.61. The molecule has 0 aliphatic carbocycles. The minimum atomic E-state index is -3.08. The Kier molecular flexibility index (Phi) is 42.1. The summed E-state index contributed by atoms with van der Waals surface area (Å²) in [4.78, 5) is 38.4. The first-order chi connectivity index (χ1) is 42.4. The molecule has 18 atom stereocenters. The number of rotatable bonds is 51. The molecule has 88 heavy (non-hydrogen) atoms. The highest BCUT2D eigenvalue weighted by Crippen LogP contribution is 2.39. The van der Waals surface area contributed by atoms with Crippen LogP contribution in [0.1, 0.15) is 245 Å². The molecule has 14 N–H and O–H groups in total. The standard InChI is InChI=1S/C65H120N2O21/c1-4-6-8-10-12-14-15-16-17-18-19-20-21-22-23-24-25-26-27-28-29-31-32-34-36-38-47(72)46(67-52(75)39-37-35-33-30-13-11-9-7-5-2)44-83-62-57(79)56(78)59(51(43-70)85-62)86-63-58(80)61(55(77)50(42-69)84-63)88-65(64(81)82)40-48(73)53(66-45(3)71)60(87-65)54(76)49(74)41-68/h36,38,46-51,53-63,68-70,72-74,76-80H,4-35,37,39-44H2,1-3H3,(H,66,71)(H,67,75)(H,81,82)/b38-36+. The molecule has 0 bridgehead atoms. The summed E-state index contributed by atoms with van der Waals surface area (Å²) in [5.41, 5.74) is 0. The lowest BCUT2D eigenvalue weighted by atomic mass is 9.88. The van der Waals surface area contributed by atoms with Crippen molar-refractivity contribution >= 4 is 17.8 Å². The van der Waals surface area contributed by atoms with Gasteiger partial charge in [0.05, 0.1) is 50.7 Å². The van der Waals surface area contributed by atoms with Gasteiger partial charge in [0.2, 0.25) is 11.8 Å². The van der Waals surface area contributed by atoms with Crippen molar-refractivity contribution in [2.24, 2.45) is 0 Å². The highest BCUT2D eigenvalue weighted by atomic mass is 16.8. The highest BCUT2D eigenvalue weighted by Gasteiger charge is 2.60. The molecule has 0 aromatic heterocycles. The Morgan fingerprint density at radius 3 is 1.51 bits per heavy atom. The average Bonchev–Trinajstić information content (AvgIpc) is 1.47. The van der Waals surface area contributed by atoms with E-state index in [1.54, 1.807) is 6.08 Å². The first-order valence-corrected chi connectivity index (χ1v) is 34.1. The Labute approximate surface area is 524 Å². The lowest BCUT2D eigenvalue weighted by molar-refractivity contribution is -0.386. The normalized spacial score (nSPS) is 29.0. The van der Waals surface area contributed by atoms with E-state index in [9.17, 15) is 75.7 Å². The zero-order valence-corrected chi connectivity index (χ0v) is 53.6. The van der Waals surface area contributed by atoms with Crippen LogP contribution in [0.5, 0.6) is 0 Å². The molecular weight excluding hydrogens is 1140 g/mol. The second kappa shape index (κ2) is 46.5. The van der Waals surface area contributed by atoms with Gasteiger partial charge in [0.15, 0.2) is 12.6 Å². The van der Waals surface area contributed by atoms with Crippen molar-refractivity contribution in [2.45, 2.75) is 355 Å². The summed E-state index contributed by atoms with van der Waals surface area (Å²) in [5.74, 6) is -6.14. The molecule has 18 unspecified atom stereocenters. The Bertz CT molecular complexity index is 1840. The van der Waals surface area contributed by atoms with Crippen molar-refractivity contribution in [1.29, 1.82) is 0 Å². The maximum absolute atomic E-state index is 13.3. The fourth-order valence-corrected chi connectivity index (χ4v) is 12.0. The largest absolute Gasteiger partial charge is 0.477 e. The number of nitrogens with one attached hydrogen (secondary N) is 2. The van der Waals surface area contributed by atoms with Crippen LogP contribution in [-0.4, -0.2) is 215 Å². The van der Waals surface area contributed by atoms with Crippen LogP contribution in [0.3, 0.4) is 0 Å². The minimum absolute atomic E-state index is 0.202. The van der Waals surface area contributed by atoms with E-state index in [1.165, 1.54) is 154 Å². The third-order valence-corrected chi connectivity index (χ3v) is 17.5. The summed E-state index contributed by atoms with van der Waals surface area (Å²) in [6.07, 6.45) is 14.4. The number of ether oxygens (including phenoxy) is 6.